The Morgan fingerprint density at radius 2 is 1.71 bits per heavy atom. The summed E-state index contributed by atoms with van der Waals surface area (Å²) in [6.45, 7) is 11.8. The van der Waals surface area contributed by atoms with Crippen LogP contribution in [0, 0.1) is 25.1 Å². The minimum Gasteiger partial charge on any atom is -0.487 e. The van der Waals surface area contributed by atoms with Gasteiger partial charge in [-0.05, 0) is 110 Å². The van der Waals surface area contributed by atoms with Crippen molar-refractivity contribution in [3.8, 4) is 5.75 Å². The molecular weight excluding hydrogens is 427 g/mol. The fourth-order valence-electron chi connectivity index (χ4n) is 5.85. The SMILES string of the molecule is Cc1cc(N2CCCc3cc(OC4CCCC4)c(F)cc3C2)cc(C)c1C(C(N)=O)C(C)(C)C. The van der Waals surface area contributed by atoms with Crippen molar-refractivity contribution in [1.29, 1.82) is 0 Å². The van der Waals surface area contributed by atoms with Gasteiger partial charge in [0.05, 0.1) is 12.0 Å². The molecule has 2 N–H and O–H groups in total. The highest BCUT2D eigenvalue weighted by Crippen LogP contribution is 2.40. The van der Waals surface area contributed by atoms with Gasteiger partial charge in [-0.25, -0.2) is 4.39 Å². The summed E-state index contributed by atoms with van der Waals surface area (Å²) in [6.07, 6.45) is 6.43. The smallest absolute Gasteiger partial charge is 0.225 e. The van der Waals surface area contributed by atoms with Crippen LogP contribution in [0.3, 0.4) is 0 Å². The van der Waals surface area contributed by atoms with Crippen LogP contribution in [0.5, 0.6) is 5.75 Å². The number of nitrogens with zero attached hydrogens (tertiary/aromatic N) is 1. The normalized spacial score (nSPS) is 17.9. The number of benzene rings is 2. The fraction of sp³-hybridized carbons (Fsp3) is 0.552. The van der Waals surface area contributed by atoms with Crippen molar-refractivity contribution in [1.82, 2.24) is 0 Å². The van der Waals surface area contributed by atoms with E-state index in [9.17, 15) is 9.18 Å². The van der Waals surface area contributed by atoms with Crippen LogP contribution in [0.4, 0.5) is 10.1 Å². The zero-order valence-corrected chi connectivity index (χ0v) is 21.3. The van der Waals surface area contributed by atoms with Crippen LogP contribution < -0.4 is 15.4 Å². The lowest BCUT2D eigenvalue weighted by Gasteiger charge is -2.32. The van der Waals surface area contributed by atoms with Crippen LogP contribution in [0.1, 0.15) is 86.6 Å². The number of rotatable bonds is 5. The Balaban J connectivity index is 1.61. The van der Waals surface area contributed by atoms with Crippen LogP contribution in [0.15, 0.2) is 24.3 Å². The number of anilines is 1. The topological polar surface area (TPSA) is 55.6 Å². The maximum Gasteiger partial charge on any atom is 0.225 e. The Labute approximate surface area is 203 Å². The average molecular weight is 467 g/mol. The van der Waals surface area contributed by atoms with Gasteiger partial charge in [0.15, 0.2) is 11.6 Å². The second-order valence-electron chi connectivity index (χ2n) is 11.3. The Morgan fingerprint density at radius 1 is 1.06 bits per heavy atom. The monoisotopic (exact) mass is 466 g/mol. The third-order valence-corrected chi connectivity index (χ3v) is 7.47. The van der Waals surface area contributed by atoms with Gasteiger partial charge in [0.25, 0.3) is 0 Å². The molecule has 1 atom stereocenters. The summed E-state index contributed by atoms with van der Waals surface area (Å²) in [5.74, 6) is -0.487. The molecule has 2 aliphatic rings. The molecule has 0 spiro atoms. The second kappa shape index (κ2) is 9.59. The van der Waals surface area contributed by atoms with E-state index in [1.54, 1.807) is 6.07 Å². The molecule has 0 bridgehead atoms. The molecule has 1 fully saturated rings. The lowest BCUT2D eigenvalue weighted by atomic mass is 9.73. The molecule has 0 aromatic heterocycles. The number of amides is 1. The molecular formula is C29H39FN2O2. The summed E-state index contributed by atoms with van der Waals surface area (Å²) < 4.78 is 21.0. The molecule has 2 aromatic rings. The van der Waals surface area contributed by atoms with E-state index in [2.05, 4.69) is 51.7 Å². The van der Waals surface area contributed by atoms with E-state index in [1.807, 2.05) is 6.07 Å². The van der Waals surface area contributed by atoms with Crippen molar-refractivity contribution in [2.75, 3.05) is 11.4 Å². The maximum absolute atomic E-state index is 15.0. The average Bonchev–Trinajstić information content (AvgIpc) is 3.15. The van der Waals surface area contributed by atoms with Crippen molar-refractivity contribution in [2.24, 2.45) is 11.1 Å². The maximum atomic E-state index is 15.0. The lowest BCUT2D eigenvalue weighted by molar-refractivity contribution is -0.121. The third kappa shape index (κ3) is 5.08. The highest BCUT2D eigenvalue weighted by atomic mass is 19.1. The minimum absolute atomic E-state index is 0.150. The largest absolute Gasteiger partial charge is 0.487 e. The van der Waals surface area contributed by atoms with Gasteiger partial charge < -0.3 is 15.4 Å². The molecule has 0 saturated heterocycles. The Bertz CT molecular complexity index is 1040. The van der Waals surface area contributed by atoms with Crippen molar-refractivity contribution in [3.05, 3.63) is 57.9 Å². The number of hydrogen-bond donors (Lipinski definition) is 1. The number of ether oxygens (including phenoxy) is 1. The molecule has 1 unspecified atom stereocenters. The molecule has 1 saturated carbocycles. The van der Waals surface area contributed by atoms with Gasteiger partial charge in [-0.15, -0.1) is 0 Å². The van der Waals surface area contributed by atoms with Crippen LogP contribution in [-0.4, -0.2) is 18.6 Å². The Hall–Kier alpha value is -2.56. The molecule has 0 radical (unpaired) electrons. The molecule has 1 amide bonds. The van der Waals surface area contributed by atoms with Crippen molar-refractivity contribution < 1.29 is 13.9 Å². The van der Waals surface area contributed by atoms with E-state index in [0.717, 1.165) is 60.2 Å². The summed E-state index contributed by atoms with van der Waals surface area (Å²) in [5.41, 5.74) is 12.1. The number of hydrogen-bond acceptors (Lipinski definition) is 3. The molecule has 1 heterocycles. The van der Waals surface area contributed by atoms with Crippen molar-refractivity contribution in [2.45, 2.75) is 91.7 Å². The first-order chi connectivity index (χ1) is 16.0. The van der Waals surface area contributed by atoms with Crippen LogP contribution in [0.2, 0.25) is 0 Å². The lowest BCUT2D eigenvalue weighted by Crippen LogP contribution is -2.33. The summed E-state index contributed by atoms with van der Waals surface area (Å²) in [7, 11) is 0. The Kier molecular flexibility index (Phi) is 6.93. The van der Waals surface area contributed by atoms with Gasteiger partial charge in [-0.3, -0.25) is 4.79 Å². The van der Waals surface area contributed by atoms with Gasteiger partial charge in [0.1, 0.15) is 0 Å². The molecule has 34 heavy (non-hydrogen) atoms. The zero-order valence-electron chi connectivity index (χ0n) is 21.3. The highest BCUT2D eigenvalue weighted by molar-refractivity contribution is 5.84. The van der Waals surface area contributed by atoms with Gasteiger partial charge in [-0.2, -0.15) is 0 Å². The summed E-state index contributed by atoms with van der Waals surface area (Å²) in [6, 6.07) is 7.92. The number of nitrogens with two attached hydrogens (primary N) is 1. The van der Waals surface area contributed by atoms with Gasteiger partial charge in [0.2, 0.25) is 5.91 Å². The Morgan fingerprint density at radius 3 is 2.29 bits per heavy atom. The highest BCUT2D eigenvalue weighted by Gasteiger charge is 2.34. The van der Waals surface area contributed by atoms with E-state index >= 15 is 0 Å². The van der Waals surface area contributed by atoms with Crippen molar-refractivity contribution in [3.63, 3.8) is 0 Å². The summed E-state index contributed by atoms with van der Waals surface area (Å²) in [4.78, 5) is 14.7. The predicted molar refractivity (Wildman–Crippen MR) is 136 cm³/mol. The first-order valence-electron chi connectivity index (χ1n) is 12.7. The van der Waals surface area contributed by atoms with Gasteiger partial charge in [0, 0.05) is 18.8 Å². The molecule has 184 valence electrons. The molecule has 5 heteroatoms. The first-order valence-corrected chi connectivity index (χ1v) is 12.7. The number of aryl methyl sites for hydroxylation is 3. The second-order valence-corrected chi connectivity index (χ2v) is 11.3. The third-order valence-electron chi connectivity index (χ3n) is 7.47. The van der Waals surface area contributed by atoms with Crippen LogP contribution in [0.25, 0.3) is 0 Å². The number of carbonyl (C=O) groups excluding carboxylic acids is 1. The van der Waals surface area contributed by atoms with Gasteiger partial charge in [-0.1, -0.05) is 20.8 Å². The number of carbonyl (C=O) groups is 1. The molecule has 4 rings (SSSR count). The van der Waals surface area contributed by atoms with Crippen LogP contribution >= 0.6 is 0 Å². The molecule has 1 aliphatic heterocycles. The van der Waals surface area contributed by atoms with E-state index in [4.69, 9.17) is 10.5 Å². The quantitative estimate of drug-likeness (QED) is 0.560. The number of halogens is 1. The molecule has 4 nitrogen and oxygen atoms in total. The molecule has 2 aromatic carbocycles. The van der Waals surface area contributed by atoms with Gasteiger partial charge >= 0.3 is 0 Å². The first kappa shape index (κ1) is 24.6. The fourth-order valence-corrected chi connectivity index (χ4v) is 5.85. The summed E-state index contributed by atoms with van der Waals surface area (Å²) in [5, 5.41) is 0. The standard InChI is InChI=1S/C29H39FN2O2/c1-18-13-22(14-19(2)26(18)27(28(31)33)29(3,4)5)32-12-8-9-20-16-25(24(30)15-21(20)17-32)34-23-10-6-7-11-23/h13-16,23,27H,6-12,17H2,1-5H3,(H2,31,33). The molecule has 1 aliphatic carbocycles. The summed E-state index contributed by atoms with van der Waals surface area (Å²) >= 11 is 0. The van der Waals surface area contributed by atoms with E-state index in [1.165, 1.54) is 18.4 Å². The number of primary amides is 1. The minimum atomic E-state index is -0.348. The predicted octanol–water partition coefficient (Wildman–Crippen LogP) is 6.33. The van der Waals surface area contributed by atoms with E-state index in [-0.39, 0.29) is 29.2 Å². The van der Waals surface area contributed by atoms with E-state index < -0.39 is 0 Å². The number of fused-ring (bicyclic) bond motifs is 1. The van der Waals surface area contributed by atoms with Crippen molar-refractivity contribution >= 4 is 11.6 Å². The van der Waals surface area contributed by atoms with Crippen LogP contribution in [-0.2, 0) is 17.8 Å². The van der Waals surface area contributed by atoms with E-state index in [0.29, 0.717) is 12.3 Å². The zero-order chi connectivity index (χ0) is 24.6.